The Hall–Kier alpha value is -1.86. The van der Waals surface area contributed by atoms with E-state index in [2.05, 4.69) is 24.1 Å². The Morgan fingerprint density at radius 2 is 1.89 bits per heavy atom. The number of hydrogen-bond donors (Lipinski definition) is 1. The van der Waals surface area contributed by atoms with Gasteiger partial charge < -0.3 is 10.2 Å². The van der Waals surface area contributed by atoms with Gasteiger partial charge in [-0.05, 0) is 69.2 Å². The maximum Gasteiger partial charge on any atom is 0.416 e. The van der Waals surface area contributed by atoms with Crippen LogP contribution in [0.25, 0.3) is 10.4 Å². The molecule has 154 valence electrons. The molecule has 1 aromatic heterocycles. The minimum Gasteiger partial charge on any atom is -0.349 e. The Morgan fingerprint density at radius 3 is 2.54 bits per heavy atom. The monoisotopic (exact) mass is 412 g/mol. The average Bonchev–Trinajstić information content (AvgIpc) is 3.15. The molecule has 1 atom stereocenters. The highest BCUT2D eigenvalue weighted by molar-refractivity contribution is 7.17. The van der Waals surface area contributed by atoms with Crippen LogP contribution in [0.2, 0.25) is 0 Å². The van der Waals surface area contributed by atoms with Crippen LogP contribution in [-0.2, 0) is 6.18 Å². The number of benzene rings is 1. The molecular weight excluding hydrogens is 385 g/mol. The van der Waals surface area contributed by atoms with Gasteiger partial charge in [0.2, 0.25) is 0 Å². The van der Waals surface area contributed by atoms with E-state index in [1.54, 1.807) is 18.2 Å². The molecule has 7 heteroatoms. The number of nitrogens with zero attached hydrogens (tertiary/aromatic N) is 1. The summed E-state index contributed by atoms with van der Waals surface area (Å²) in [4.78, 5) is 15.9. The van der Waals surface area contributed by atoms with Crippen molar-refractivity contribution in [3.63, 3.8) is 0 Å². The fraction of sp³-hybridized carbons (Fsp3) is 0.476. The van der Waals surface area contributed by atoms with Crippen molar-refractivity contribution in [2.45, 2.75) is 45.8 Å². The SMILES string of the molecule is CCN(CC)CCC[C@@H](C)NC(=O)c1ccc(-c2cccc(C(F)(F)F)c2)s1. The summed E-state index contributed by atoms with van der Waals surface area (Å²) in [7, 11) is 0. The molecule has 0 saturated carbocycles. The molecule has 0 fully saturated rings. The number of halogens is 3. The predicted molar refractivity (Wildman–Crippen MR) is 109 cm³/mol. The maximum absolute atomic E-state index is 12.9. The summed E-state index contributed by atoms with van der Waals surface area (Å²) >= 11 is 1.20. The lowest BCUT2D eigenvalue weighted by Gasteiger charge is -2.19. The lowest BCUT2D eigenvalue weighted by molar-refractivity contribution is -0.137. The molecule has 1 aromatic carbocycles. The maximum atomic E-state index is 12.9. The third-order valence-corrected chi connectivity index (χ3v) is 5.82. The van der Waals surface area contributed by atoms with Crippen molar-refractivity contribution in [3.05, 3.63) is 46.8 Å². The van der Waals surface area contributed by atoms with Crippen molar-refractivity contribution >= 4 is 17.2 Å². The van der Waals surface area contributed by atoms with E-state index >= 15 is 0 Å². The zero-order valence-electron chi connectivity index (χ0n) is 16.5. The summed E-state index contributed by atoms with van der Waals surface area (Å²) < 4.78 is 38.7. The Bertz CT molecular complexity index is 769. The summed E-state index contributed by atoms with van der Waals surface area (Å²) in [5, 5.41) is 2.98. The van der Waals surface area contributed by atoms with E-state index in [9.17, 15) is 18.0 Å². The molecule has 1 heterocycles. The van der Waals surface area contributed by atoms with Crippen LogP contribution in [0.5, 0.6) is 0 Å². The third kappa shape index (κ3) is 6.34. The second-order valence-electron chi connectivity index (χ2n) is 6.79. The Balaban J connectivity index is 1.95. The van der Waals surface area contributed by atoms with Crippen LogP contribution in [-0.4, -0.2) is 36.5 Å². The molecule has 0 unspecified atom stereocenters. The lowest BCUT2D eigenvalue weighted by Crippen LogP contribution is -2.33. The third-order valence-electron chi connectivity index (χ3n) is 4.69. The first kappa shape index (κ1) is 22.4. The van der Waals surface area contributed by atoms with Gasteiger partial charge >= 0.3 is 6.18 Å². The number of carbonyl (C=O) groups is 1. The van der Waals surface area contributed by atoms with Crippen LogP contribution in [0, 0.1) is 0 Å². The smallest absolute Gasteiger partial charge is 0.349 e. The molecule has 0 saturated heterocycles. The van der Waals surface area contributed by atoms with Crippen LogP contribution >= 0.6 is 11.3 Å². The summed E-state index contributed by atoms with van der Waals surface area (Å²) in [5.74, 6) is -0.182. The molecular formula is C21H27F3N2OS. The van der Waals surface area contributed by atoms with E-state index in [4.69, 9.17) is 0 Å². The van der Waals surface area contributed by atoms with Crippen LogP contribution in [0.1, 0.15) is 48.8 Å². The van der Waals surface area contributed by atoms with Crippen molar-refractivity contribution < 1.29 is 18.0 Å². The van der Waals surface area contributed by atoms with Gasteiger partial charge in [-0.15, -0.1) is 11.3 Å². The second-order valence-corrected chi connectivity index (χ2v) is 7.87. The minimum absolute atomic E-state index is 0.0437. The number of hydrogen-bond acceptors (Lipinski definition) is 3. The van der Waals surface area contributed by atoms with Crippen molar-refractivity contribution in [3.8, 4) is 10.4 Å². The van der Waals surface area contributed by atoms with Crippen LogP contribution in [0.15, 0.2) is 36.4 Å². The first-order chi connectivity index (χ1) is 13.2. The van der Waals surface area contributed by atoms with E-state index in [1.807, 2.05) is 6.92 Å². The average molecular weight is 413 g/mol. The number of thiophene rings is 1. The number of rotatable bonds is 9. The molecule has 1 N–H and O–H groups in total. The van der Waals surface area contributed by atoms with Gasteiger partial charge in [0.15, 0.2) is 0 Å². The molecule has 0 aliphatic rings. The molecule has 0 radical (unpaired) electrons. The van der Waals surface area contributed by atoms with E-state index in [0.29, 0.717) is 15.3 Å². The fourth-order valence-corrected chi connectivity index (χ4v) is 3.90. The van der Waals surface area contributed by atoms with Crippen molar-refractivity contribution in [2.24, 2.45) is 0 Å². The predicted octanol–water partition coefficient (Wildman–Crippen LogP) is 5.67. The Kier molecular flexibility index (Phi) is 8.07. The lowest BCUT2D eigenvalue weighted by atomic mass is 10.1. The van der Waals surface area contributed by atoms with E-state index in [0.717, 1.165) is 44.6 Å². The normalized spacial score (nSPS) is 13.0. The van der Waals surface area contributed by atoms with Gasteiger partial charge in [0.25, 0.3) is 5.91 Å². The van der Waals surface area contributed by atoms with Crippen LogP contribution in [0.4, 0.5) is 13.2 Å². The molecule has 0 aliphatic carbocycles. The first-order valence-corrected chi connectivity index (χ1v) is 10.4. The first-order valence-electron chi connectivity index (χ1n) is 9.55. The van der Waals surface area contributed by atoms with E-state index < -0.39 is 11.7 Å². The van der Waals surface area contributed by atoms with Crippen molar-refractivity contribution in [1.29, 1.82) is 0 Å². The fourth-order valence-electron chi connectivity index (χ4n) is 2.99. The number of nitrogens with one attached hydrogen (secondary N) is 1. The van der Waals surface area contributed by atoms with E-state index in [1.165, 1.54) is 17.4 Å². The van der Waals surface area contributed by atoms with Gasteiger partial charge in [0.1, 0.15) is 0 Å². The number of carbonyl (C=O) groups excluding carboxylic acids is 1. The molecule has 0 bridgehead atoms. The molecule has 0 aliphatic heterocycles. The minimum atomic E-state index is -4.38. The standard InChI is InChI=1S/C21H27F3N2OS/c1-4-26(5-2)13-7-8-15(3)25-20(27)19-12-11-18(28-19)16-9-6-10-17(14-16)21(22,23)24/h6,9-12,14-15H,4-5,7-8,13H2,1-3H3,(H,25,27)/t15-/m1/s1. The molecule has 1 amide bonds. The van der Waals surface area contributed by atoms with Gasteiger partial charge in [-0.3, -0.25) is 4.79 Å². The highest BCUT2D eigenvalue weighted by Crippen LogP contribution is 2.34. The topological polar surface area (TPSA) is 32.3 Å². The molecule has 3 nitrogen and oxygen atoms in total. The zero-order chi connectivity index (χ0) is 20.7. The van der Waals surface area contributed by atoms with Crippen LogP contribution in [0.3, 0.4) is 0 Å². The second kappa shape index (κ2) is 10.1. The van der Waals surface area contributed by atoms with Gasteiger partial charge in [0.05, 0.1) is 10.4 Å². The molecule has 28 heavy (non-hydrogen) atoms. The Morgan fingerprint density at radius 1 is 1.18 bits per heavy atom. The Labute approximate surface area is 168 Å². The van der Waals surface area contributed by atoms with Crippen molar-refractivity contribution in [1.82, 2.24) is 10.2 Å². The highest BCUT2D eigenvalue weighted by Gasteiger charge is 2.30. The summed E-state index contributed by atoms with van der Waals surface area (Å²) in [6.45, 7) is 9.28. The largest absolute Gasteiger partial charge is 0.416 e. The summed E-state index contributed by atoms with van der Waals surface area (Å²) in [6.07, 6.45) is -2.49. The zero-order valence-corrected chi connectivity index (χ0v) is 17.3. The molecule has 0 spiro atoms. The van der Waals surface area contributed by atoms with Gasteiger partial charge in [-0.25, -0.2) is 0 Å². The summed E-state index contributed by atoms with van der Waals surface area (Å²) in [6, 6.07) is 8.57. The van der Waals surface area contributed by atoms with Gasteiger partial charge in [-0.2, -0.15) is 13.2 Å². The highest BCUT2D eigenvalue weighted by atomic mass is 32.1. The number of amides is 1. The van der Waals surface area contributed by atoms with E-state index in [-0.39, 0.29) is 11.9 Å². The van der Waals surface area contributed by atoms with Gasteiger partial charge in [0, 0.05) is 10.9 Å². The quantitative estimate of drug-likeness (QED) is 0.575. The van der Waals surface area contributed by atoms with Gasteiger partial charge in [-0.1, -0.05) is 26.0 Å². The summed E-state index contributed by atoms with van der Waals surface area (Å²) in [5.41, 5.74) is -0.225. The van der Waals surface area contributed by atoms with Crippen molar-refractivity contribution in [2.75, 3.05) is 19.6 Å². The molecule has 2 rings (SSSR count). The number of alkyl halides is 3. The van der Waals surface area contributed by atoms with Crippen LogP contribution < -0.4 is 5.32 Å². The molecule has 2 aromatic rings.